The van der Waals surface area contributed by atoms with E-state index in [4.69, 9.17) is 4.74 Å². The molecule has 16 heavy (non-hydrogen) atoms. The average molecular weight is 218 g/mol. The second-order valence-electron chi connectivity index (χ2n) is 3.16. The van der Waals surface area contributed by atoms with Crippen LogP contribution in [-0.4, -0.2) is 32.6 Å². The zero-order valence-corrected chi connectivity index (χ0v) is 8.88. The second kappa shape index (κ2) is 4.09. The molecule has 0 fully saturated rings. The number of phenols is 1. The van der Waals surface area contributed by atoms with Gasteiger partial charge in [-0.2, -0.15) is 0 Å². The van der Waals surface area contributed by atoms with Gasteiger partial charge in [0.2, 0.25) is 5.82 Å². The molecule has 1 aromatic carbocycles. The number of phenolic OH excluding ortho intramolecular Hbond substituents is 1. The standard InChI is InChI=1S/C10H10N4O2/c1-6-11-13-10(14-12-6)7-3-4-8(15)9(5-7)16-2/h3-5,15H,1-2H3. The number of aryl methyl sites for hydroxylation is 1. The molecule has 0 spiro atoms. The summed E-state index contributed by atoms with van der Waals surface area (Å²) in [7, 11) is 1.48. The van der Waals surface area contributed by atoms with E-state index in [0.717, 1.165) is 0 Å². The van der Waals surface area contributed by atoms with Gasteiger partial charge in [-0.05, 0) is 25.1 Å². The molecule has 2 aromatic rings. The molecule has 6 nitrogen and oxygen atoms in total. The lowest BCUT2D eigenvalue weighted by Gasteiger charge is -2.04. The van der Waals surface area contributed by atoms with Crippen LogP contribution in [0.4, 0.5) is 0 Å². The van der Waals surface area contributed by atoms with Gasteiger partial charge < -0.3 is 9.84 Å². The van der Waals surface area contributed by atoms with E-state index in [2.05, 4.69) is 20.4 Å². The summed E-state index contributed by atoms with van der Waals surface area (Å²) in [5, 5.41) is 24.8. The number of aromatic nitrogens is 4. The minimum Gasteiger partial charge on any atom is -0.504 e. The van der Waals surface area contributed by atoms with Crippen molar-refractivity contribution in [3.05, 3.63) is 24.0 Å². The van der Waals surface area contributed by atoms with Crippen LogP contribution >= 0.6 is 0 Å². The molecule has 0 amide bonds. The molecule has 0 atom stereocenters. The smallest absolute Gasteiger partial charge is 0.203 e. The number of benzene rings is 1. The molecular formula is C10H10N4O2. The molecule has 0 saturated carbocycles. The normalized spacial score (nSPS) is 10.1. The molecule has 6 heteroatoms. The molecule has 1 aromatic heterocycles. The van der Waals surface area contributed by atoms with Crippen LogP contribution in [0.3, 0.4) is 0 Å². The van der Waals surface area contributed by atoms with Gasteiger partial charge in [0, 0.05) is 5.56 Å². The number of hydrogen-bond acceptors (Lipinski definition) is 6. The van der Waals surface area contributed by atoms with E-state index in [0.29, 0.717) is 23.0 Å². The van der Waals surface area contributed by atoms with Crippen LogP contribution in [0.5, 0.6) is 11.5 Å². The van der Waals surface area contributed by atoms with Crippen molar-refractivity contribution in [2.24, 2.45) is 0 Å². The zero-order chi connectivity index (χ0) is 11.5. The maximum atomic E-state index is 9.43. The molecule has 0 bridgehead atoms. The highest BCUT2D eigenvalue weighted by Crippen LogP contribution is 2.29. The molecule has 0 aliphatic heterocycles. The first kappa shape index (κ1) is 10.3. The predicted octanol–water partition coefficient (Wildman–Crippen LogP) is 0.956. The molecule has 1 N–H and O–H groups in total. The van der Waals surface area contributed by atoms with Crippen molar-refractivity contribution in [3.63, 3.8) is 0 Å². The van der Waals surface area contributed by atoms with Crippen molar-refractivity contribution in [1.29, 1.82) is 0 Å². The third-order valence-corrected chi connectivity index (χ3v) is 2.02. The molecule has 0 saturated heterocycles. The summed E-state index contributed by atoms with van der Waals surface area (Å²) in [4.78, 5) is 0. The van der Waals surface area contributed by atoms with Gasteiger partial charge in [-0.3, -0.25) is 0 Å². The Balaban J connectivity index is 2.44. The Labute approximate surface area is 91.9 Å². The van der Waals surface area contributed by atoms with Crippen molar-refractivity contribution in [3.8, 4) is 22.9 Å². The number of rotatable bonds is 2. The van der Waals surface area contributed by atoms with Gasteiger partial charge in [0.15, 0.2) is 17.3 Å². The van der Waals surface area contributed by atoms with Gasteiger partial charge in [-0.1, -0.05) is 0 Å². The quantitative estimate of drug-likeness (QED) is 0.808. The van der Waals surface area contributed by atoms with E-state index in [-0.39, 0.29) is 5.75 Å². The van der Waals surface area contributed by atoms with Gasteiger partial charge in [-0.25, -0.2) is 0 Å². The van der Waals surface area contributed by atoms with Crippen LogP contribution in [-0.2, 0) is 0 Å². The number of nitrogens with zero attached hydrogens (tertiary/aromatic N) is 4. The molecule has 0 unspecified atom stereocenters. The highest BCUT2D eigenvalue weighted by atomic mass is 16.5. The Morgan fingerprint density at radius 1 is 1.12 bits per heavy atom. The summed E-state index contributed by atoms with van der Waals surface area (Å²) in [5.41, 5.74) is 0.689. The van der Waals surface area contributed by atoms with Crippen LogP contribution in [0.25, 0.3) is 11.4 Å². The third-order valence-electron chi connectivity index (χ3n) is 2.02. The fourth-order valence-electron chi connectivity index (χ4n) is 1.21. The fourth-order valence-corrected chi connectivity index (χ4v) is 1.21. The number of hydrogen-bond donors (Lipinski definition) is 1. The van der Waals surface area contributed by atoms with Gasteiger partial charge in [-0.15, -0.1) is 20.4 Å². The minimum absolute atomic E-state index is 0.0688. The summed E-state index contributed by atoms with van der Waals surface area (Å²) in [6, 6.07) is 4.81. The monoisotopic (exact) mass is 218 g/mol. The van der Waals surface area contributed by atoms with E-state index in [1.807, 2.05) is 0 Å². The zero-order valence-electron chi connectivity index (χ0n) is 8.88. The van der Waals surface area contributed by atoms with Crippen molar-refractivity contribution >= 4 is 0 Å². The van der Waals surface area contributed by atoms with Crippen LogP contribution < -0.4 is 4.74 Å². The van der Waals surface area contributed by atoms with E-state index in [9.17, 15) is 5.11 Å². The fraction of sp³-hybridized carbons (Fsp3) is 0.200. The largest absolute Gasteiger partial charge is 0.504 e. The highest BCUT2D eigenvalue weighted by Gasteiger charge is 2.07. The first-order chi connectivity index (χ1) is 7.70. The van der Waals surface area contributed by atoms with Crippen molar-refractivity contribution in [2.45, 2.75) is 6.92 Å². The number of ether oxygens (including phenoxy) is 1. The van der Waals surface area contributed by atoms with E-state index in [1.165, 1.54) is 13.2 Å². The Morgan fingerprint density at radius 2 is 1.81 bits per heavy atom. The van der Waals surface area contributed by atoms with E-state index in [1.54, 1.807) is 19.1 Å². The van der Waals surface area contributed by atoms with Crippen molar-refractivity contribution in [2.75, 3.05) is 7.11 Å². The number of aromatic hydroxyl groups is 1. The Hall–Kier alpha value is -2.24. The molecule has 2 rings (SSSR count). The first-order valence-corrected chi connectivity index (χ1v) is 4.62. The average Bonchev–Trinajstić information content (AvgIpc) is 2.31. The molecule has 0 aliphatic carbocycles. The summed E-state index contributed by atoms with van der Waals surface area (Å²) in [5.74, 6) is 1.33. The Bertz CT molecular complexity index is 499. The Morgan fingerprint density at radius 3 is 2.44 bits per heavy atom. The van der Waals surface area contributed by atoms with Crippen molar-refractivity contribution < 1.29 is 9.84 Å². The SMILES string of the molecule is COc1cc(-c2nnc(C)nn2)ccc1O. The molecule has 1 heterocycles. The van der Waals surface area contributed by atoms with Crippen LogP contribution in [0.2, 0.25) is 0 Å². The van der Waals surface area contributed by atoms with Crippen molar-refractivity contribution in [1.82, 2.24) is 20.4 Å². The summed E-state index contributed by atoms with van der Waals surface area (Å²) in [6.07, 6.45) is 0. The molecule has 82 valence electrons. The van der Waals surface area contributed by atoms with Gasteiger partial charge in [0.05, 0.1) is 7.11 Å². The summed E-state index contributed by atoms with van der Waals surface area (Å²) in [6.45, 7) is 1.71. The van der Waals surface area contributed by atoms with Crippen LogP contribution in [0, 0.1) is 6.92 Å². The van der Waals surface area contributed by atoms with E-state index < -0.39 is 0 Å². The van der Waals surface area contributed by atoms with Gasteiger partial charge in [0.25, 0.3) is 0 Å². The minimum atomic E-state index is 0.0688. The molecular weight excluding hydrogens is 208 g/mol. The molecule has 0 radical (unpaired) electrons. The maximum absolute atomic E-state index is 9.43. The first-order valence-electron chi connectivity index (χ1n) is 4.62. The third kappa shape index (κ3) is 1.90. The maximum Gasteiger partial charge on any atom is 0.203 e. The lowest BCUT2D eigenvalue weighted by atomic mass is 10.2. The topological polar surface area (TPSA) is 81.0 Å². The summed E-state index contributed by atoms with van der Waals surface area (Å²) >= 11 is 0. The summed E-state index contributed by atoms with van der Waals surface area (Å²) < 4.78 is 4.98. The van der Waals surface area contributed by atoms with Gasteiger partial charge >= 0.3 is 0 Å². The lowest BCUT2D eigenvalue weighted by molar-refractivity contribution is 0.373. The predicted molar refractivity (Wildman–Crippen MR) is 56.0 cm³/mol. The lowest BCUT2D eigenvalue weighted by Crippen LogP contribution is -1.98. The van der Waals surface area contributed by atoms with E-state index >= 15 is 0 Å². The highest BCUT2D eigenvalue weighted by molar-refractivity contribution is 5.59. The Kier molecular flexibility index (Phi) is 2.63. The second-order valence-corrected chi connectivity index (χ2v) is 3.16. The van der Waals surface area contributed by atoms with Gasteiger partial charge in [0.1, 0.15) is 0 Å². The van der Waals surface area contributed by atoms with Crippen LogP contribution in [0.15, 0.2) is 18.2 Å². The van der Waals surface area contributed by atoms with Crippen LogP contribution in [0.1, 0.15) is 5.82 Å². The number of methoxy groups -OCH3 is 1. The molecule has 0 aliphatic rings.